The number of hydrogen-bond acceptors (Lipinski definition) is 3. The van der Waals surface area contributed by atoms with E-state index in [1.54, 1.807) is 12.3 Å². The van der Waals surface area contributed by atoms with Crippen LogP contribution in [0.5, 0.6) is 0 Å². The maximum atomic E-state index is 10.7. The molecular formula is C11H14N2O2. The molecule has 4 nitrogen and oxygen atoms in total. The summed E-state index contributed by atoms with van der Waals surface area (Å²) in [5, 5.41) is 8.82. The smallest absolute Gasteiger partial charge is 0.354 e. The highest BCUT2D eigenvalue weighted by Crippen LogP contribution is 2.27. The zero-order chi connectivity index (χ0) is 10.8. The lowest BCUT2D eigenvalue weighted by Crippen LogP contribution is -2.37. The van der Waals surface area contributed by atoms with Crippen molar-refractivity contribution >= 4 is 11.7 Å². The van der Waals surface area contributed by atoms with Crippen molar-refractivity contribution in [2.75, 3.05) is 11.9 Å². The molecule has 1 aromatic rings. The molecule has 0 saturated heterocycles. The molecule has 0 aromatic carbocycles. The average Bonchev–Trinajstić information content (AvgIpc) is 2.15. The molecule has 1 aliphatic rings. The van der Waals surface area contributed by atoms with Crippen LogP contribution in [0, 0.1) is 0 Å². The molecule has 15 heavy (non-hydrogen) atoms. The van der Waals surface area contributed by atoms with Crippen LogP contribution in [0.3, 0.4) is 0 Å². The minimum absolute atomic E-state index is 0.110. The SMILES string of the molecule is CN(c1ccnc(C(=O)O)c1)C1CCC1. The number of pyridine rings is 1. The van der Waals surface area contributed by atoms with Gasteiger partial charge < -0.3 is 10.0 Å². The molecule has 1 heterocycles. The van der Waals surface area contributed by atoms with E-state index in [0.29, 0.717) is 6.04 Å². The highest BCUT2D eigenvalue weighted by molar-refractivity contribution is 5.86. The Hall–Kier alpha value is -1.58. The van der Waals surface area contributed by atoms with Crippen LogP contribution in [0.1, 0.15) is 29.8 Å². The highest BCUT2D eigenvalue weighted by Gasteiger charge is 2.22. The van der Waals surface area contributed by atoms with E-state index in [-0.39, 0.29) is 5.69 Å². The van der Waals surface area contributed by atoms with E-state index in [4.69, 9.17) is 5.11 Å². The number of hydrogen-bond donors (Lipinski definition) is 1. The van der Waals surface area contributed by atoms with Crippen molar-refractivity contribution in [3.8, 4) is 0 Å². The van der Waals surface area contributed by atoms with Crippen molar-refractivity contribution in [1.29, 1.82) is 0 Å². The summed E-state index contributed by atoms with van der Waals surface area (Å²) in [6, 6.07) is 4.04. The molecule has 1 N–H and O–H groups in total. The van der Waals surface area contributed by atoms with Gasteiger partial charge in [0.2, 0.25) is 0 Å². The van der Waals surface area contributed by atoms with Crippen LogP contribution in [0.25, 0.3) is 0 Å². The minimum atomic E-state index is -0.973. The molecule has 1 aromatic heterocycles. The van der Waals surface area contributed by atoms with E-state index in [0.717, 1.165) is 5.69 Å². The van der Waals surface area contributed by atoms with Gasteiger partial charge in [-0.2, -0.15) is 0 Å². The predicted octanol–water partition coefficient (Wildman–Crippen LogP) is 1.77. The van der Waals surface area contributed by atoms with Crippen LogP contribution in [0.2, 0.25) is 0 Å². The van der Waals surface area contributed by atoms with Gasteiger partial charge in [0.1, 0.15) is 5.69 Å². The van der Waals surface area contributed by atoms with E-state index in [1.165, 1.54) is 19.3 Å². The fourth-order valence-electron chi connectivity index (χ4n) is 1.74. The van der Waals surface area contributed by atoms with Gasteiger partial charge in [-0.3, -0.25) is 0 Å². The summed E-state index contributed by atoms with van der Waals surface area (Å²) < 4.78 is 0. The summed E-state index contributed by atoms with van der Waals surface area (Å²) in [5.74, 6) is -0.973. The Morgan fingerprint density at radius 1 is 1.60 bits per heavy atom. The van der Waals surface area contributed by atoms with Crippen molar-refractivity contribution in [1.82, 2.24) is 4.98 Å². The predicted molar refractivity (Wildman–Crippen MR) is 57.2 cm³/mol. The Balaban J connectivity index is 2.19. The number of anilines is 1. The first-order valence-electron chi connectivity index (χ1n) is 5.10. The second-order valence-electron chi connectivity index (χ2n) is 3.90. The topological polar surface area (TPSA) is 53.4 Å². The summed E-state index contributed by atoms with van der Waals surface area (Å²) >= 11 is 0. The van der Waals surface area contributed by atoms with Gasteiger partial charge >= 0.3 is 5.97 Å². The summed E-state index contributed by atoms with van der Waals surface area (Å²) in [6.45, 7) is 0. The first kappa shape index (κ1) is 9.96. The summed E-state index contributed by atoms with van der Waals surface area (Å²) in [6.07, 6.45) is 5.21. The molecular weight excluding hydrogens is 192 g/mol. The third-order valence-corrected chi connectivity index (χ3v) is 2.99. The maximum Gasteiger partial charge on any atom is 0.354 e. The van der Waals surface area contributed by atoms with Gasteiger partial charge in [-0.15, -0.1) is 0 Å². The van der Waals surface area contributed by atoms with Crippen molar-refractivity contribution in [3.63, 3.8) is 0 Å². The largest absolute Gasteiger partial charge is 0.477 e. The first-order valence-corrected chi connectivity index (χ1v) is 5.10. The average molecular weight is 206 g/mol. The molecule has 0 unspecified atom stereocenters. The monoisotopic (exact) mass is 206 g/mol. The molecule has 0 radical (unpaired) electrons. The van der Waals surface area contributed by atoms with Gasteiger partial charge in [0.25, 0.3) is 0 Å². The van der Waals surface area contributed by atoms with Crippen molar-refractivity contribution in [3.05, 3.63) is 24.0 Å². The van der Waals surface area contributed by atoms with E-state index in [9.17, 15) is 4.79 Å². The Kier molecular flexibility index (Phi) is 2.58. The molecule has 2 rings (SSSR count). The Morgan fingerprint density at radius 2 is 2.33 bits per heavy atom. The maximum absolute atomic E-state index is 10.7. The summed E-state index contributed by atoms with van der Waals surface area (Å²) in [7, 11) is 2.00. The second kappa shape index (κ2) is 3.88. The third kappa shape index (κ3) is 1.93. The van der Waals surface area contributed by atoms with E-state index < -0.39 is 5.97 Å². The number of carbonyl (C=O) groups is 1. The molecule has 80 valence electrons. The molecule has 0 aliphatic heterocycles. The molecule has 1 aliphatic carbocycles. The molecule has 4 heteroatoms. The van der Waals surface area contributed by atoms with Crippen molar-refractivity contribution in [2.24, 2.45) is 0 Å². The Morgan fingerprint density at radius 3 is 2.87 bits per heavy atom. The van der Waals surface area contributed by atoms with E-state index in [2.05, 4.69) is 9.88 Å². The molecule has 1 saturated carbocycles. The zero-order valence-electron chi connectivity index (χ0n) is 8.68. The van der Waals surface area contributed by atoms with Crippen LogP contribution in [-0.4, -0.2) is 29.1 Å². The summed E-state index contributed by atoms with van der Waals surface area (Å²) in [5.41, 5.74) is 1.05. The van der Waals surface area contributed by atoms with E-state index in [1.807, 2.05) is 13.1 Å². The lowest BCUT2D eigenvalue weighted by atomic mass is 9.91. The normalized spacial score (nSPS) is 15.8. The van der Waals surface area contributed by atoms with Crippen LogP contribution >= 0.6 is 0 Å². The highest BCUT2D eigenvalue weighted by atomic mass is 16.4. The molecule has 1 fully saturated rings. The van der Waals surface area contributed by atoms with Crippen LogP contribution < -0.4 is 4.90 Å². The van der Waals surface area contributed by atoms with Crippen LogP contribution in [-0.2, 0) is 0 Å². The standard InChI is InChI=1S/C11H14N2O2/c1-13(8-3-2-4-8)9-5-6-12-10(7-9)11(14)15/h5-8H,2-4H2,1H3,(H,14,15). The van der Waals surface area contributed by atoms with Crippen molar-refractivity contribution < 1.29 is 9.90 Å². The van der Waals surface area contributed by atoms with Gasteiger partial charge in [0.15, 0.2) is 0 Å². The number of rotatable bonds is 3. The second-order valence-corrected chi connectivity index (χ2v) is 3.90. The number of carboxylic acids is 1. The molecule has 0 spiro atoms. The number of nitrogens with zero attached hydrogens (tertiary/aromatic N) is 2. The zero-order valence-corrected chi connectivity index (χ0v) is 8.68. The van der Waals surface area contributed by atoms with Crippen LogP contribution in [0.15, 0.2) is 18.3 Å². The number of carboxylic acid groups (broad SMARTS) is 1. The Bertz CT molecular complexity index is 375. The molecule has 0 atom stereocenters. The van der Waals surface area contributed by atoms with Gasteiger partial charge in [-0.05, 0) is 31.4 Å². The number of aromatic carboxylic acids is 1. The minimum Gasteiger partial charge on any atom is -0.477 e. The quantitative estimate of drug-likeness (QED) is 0.818. The van der Waals surface area contributed by atoms with E-state index >= 15 is 0 Å². The van der Waals surface area contributed by atoms with Gasteiger partial charge in [0.05, 0.1) is 0 Å². The molecule has 0 bridgehead atoms. The molecule has 0 amide bonds. The number of aromatic nitrogens is 1. The fraction of sp³-hybridized carbons (Fsp3) is 0.455. The Labute approximate surface area is 88.6 Å². The van der Waals surface area contributed by atoms with Gasteiger partial charge in [0, 0.05) is 25.0 Å². The lowest BCUT2D eigenvalue weighted by molar-refractivity contribution is 0.0690. The fourth-order valence-corrected chi connectivity index (χ4v) is 1.74. The van der Waals surface area contributed by atoms with Gasteiger partial charge in [-0.25, -0.2) is 9.78 Å². The lowest BCUT2D eigenvalue weighted by Gasteiger charge is -2.36. The summed E-state index contributed by atoms with van der Waals surface area (Å²) in [4.78, 5) is 16.7. The van der Waals surface area contributed by atoms with Gasteiger partial charge in [-0.1, -0.05) is 0 Å². The third-order valence-electron chi connectivity index (χ3n) is 2.99. The van der Waals surface area contributed by atoms with Crippen molar-refractivity contribution in [2.45, 2.75) is 25.3 Å². The van der Waals surface area contributed by atoms with Crippen LogP contribution in [0.4, 0.5) is 5.69 Å². The first-order chi connectivity index (χ1) is 7.18.